The lowest BCUT2D eigenvalue weighted by Gasteiger charge is -2.38. The Morgan fingerprint density at radius 1 is 0.897 bits per heavy atom. The Kier molecular flexibility index (Phi) is 7.85. The molecule has 0 aliphatic heterocycles. The summed E-state index contributed by atoms with van der Waals surface area (Å²) in [6, 6.07) is 6.50. The quantitative estimate of drug-likeness (QED) is 0.415. The molecule has 1 aromatic rings. The lowest BCUT2D eigenvalue weighted by atomic mass is 9.68. The minimum atomic E-state index is -4.62. The number of benzene rings is 1. The van der Waals surface area contributed by atoms with E-state index in [1.165, 1.54) is 63.5 Å². The molecule has 0 atom stereocenters. The van der Waals surface area contributed by atoms with Crippen molar-refractivity contribution < 1.29 is 17.9 Å². The molecule has 2 aliphatic carbocycles. The second-order valence-electron chi connectivity index (χ2n) is 8.75. The molecule has 0 amide bonds. The summed E-state index contributed by atoms with van der Waals surface area (Å²) in [5, 5.41) is 0. The summed E-state index contributed by atoms with van der Waals surface area (Å²) in [6.07, 6.45) is 14.2. The Bertz CT molecular complexity index is 646. The molecular formula is C25H33F3O. The second kappa shape index (κ2) is 10.4. The van der Waals surface area contributed by atoms with E-state index in [1.807, 2.05) is 12.2 Å². The zero-order valence-electron chi connectivity index (χ0n) is 17.2. The van der Waals surface area contributed by atoms with Crippen LogP contribution in [0.3, 0.4) is 0 Å². The fourth-order valence-corrected chi connectivity index (χ4v) is 5.34. The Balaban J connectivity index is 1.40. The maximum Gasteiger partial charge on any atom is 0.573 e. The predicted molar refractivity (Wildman–Crippen MR) is 112 cm³/mol. The molecule has 1 nitrogen and oxygen atoms in total. The van der Waals surface area contributed by atoms with Gasteiger partial charge in [-0.1, -0.05) is 49.8 Å². The molecule has 0 heterocycles. The van der Waals surface area contributed by atoms with Crippen LogP contribution in [0.2, 0.25) is 0 Å². The zero-order chi connectivity index (χ0) is 20.7. The Morgan fingerprint density at radius 2 is 1.48 bits per heavy atom. The lowest BCUT2D eigenvalue weighted by Crippen LogP contribution is -2.25. The molecule has 0 saturated heterocycles. The van der Waals surface area contributed by atoms with E-state index in [2.05, 4.69) is 17.4 Å². The van der Waals surface area contributed by atoms with Crippen molar-refractivity contribution in [3.8, 4) is 5.75 Å². The van der Waals surface area contributed by atoms with Crippen molar-refractivity contribution in [1.82, 2.24) is 0 Å². The first-order valence-electron chi connectivity index (χ1n) is 11.1. The maximum absolute atomic E-state index is 12.3. The summed E-state index contributed by atoms with van der Waals surface area (Å²) in [5.41, 5.74) is 1.15. The summed E-state index contributed by atoms with van der Waals surface area (Å²) >= 11 is 0. The fourth-order valence-electron chi connectivity index (χ4n) is 5.34. The topological polar surface area (TPSA) is 9.23 Å². The van der Waals surface area contributed by atoms with Crippen LogP contribution < -0.4 is 4.74 Å². The van der Waals surface area contributed by atoms with E-state index in [-0.39, 0.29) is 5.75 Å². The average molecular weight is 407 g/mol. The van der Waals surface area contributed by atoms with Crippen LogP contribution in [-0.4, -0.2) is 6.36 Å². The average Bonchev–Trinajstić information content (AvgIpc) is 2.71. The molecule has 4 heteroatoms. The van der Waals surface area contributed by atoms with E-state index in [9.17, 15) is 13.2 Å². The molecule has 1 aromatic carbocycles. The predicted octanol–water partition coefficient (Wildman–Crippen LogP) is 8.19. The summed E-state index contributed by atoms with van der Waals surface area (Å²) < 4.78 is 40.9. The zero-order valence-corrected chi connectivity index (χ0v) is 17.2. The molecule has 0 unspecified atom stereocenters. The summed E-state index contributed by atoms with van der Waals surface area (Å²) in [5.74, 6) is 2.93. The third-order valence-electron chi connectivity index (χ3n) is 6.93. The van der Waals surface area contributed by atoms with Crippen LogP contribution in [0.4, 0.5) is 13.2 Å². The third-order valence-corrected chi connectivity index (χ3v) is 6.93. The molecule has 0 bridgehead atoms. The largest absolute Gasteiger partial charge is 0.573 e. The maximum atomic E-state index is 12.3. The molecule has 29 heavy (non-hydrogen) atoms. The highest BCUT2D eigenvalue weighted by atomic mass is 19.4. The van der Waals surface area contributed by atoms with Crippen molar-refractivity contribution in [3.63, 3.8) is 0 Å². The minimum absolute atomic E-state index is 0.133. The van der Waals surface area contributed by atoms with Gasteiger partial charge in [0.1, 0.15) is 5.75 Å². The van der Waals surface area contributed by atoms with Gasteiger partial charge in [-0.2, -0.15) is 0 Å². The molecule has 2 aliphatic rings. The number of ether oxygens (including phenoxy) is 1. The number of halogens is 3. The van der Waals surface area contributed by atoms with Crippen molar-refractivity contribution in [2.45, 2.75) is 76.5 Å². The number of hydrogen-bond donors (Lipinski definition) is 0. The van der Waals surface area contributed by atoms with Crippen LogP contribution >= 0.6 is 0 Å². The third kappa shape index (κ3) is 6.94. The molecular weight excluding hydrogens is 373 g/mol. The van der Waals surface area contributed by atoms with Crippen molar-refractivity contribution in [2.75, 3.05) is 0 Å². The highest BCUT2D eigenvalue weighted by Gasteiger charge is 2.32. The van der Waals surface area contributed by atoms with E-state index in [1.54, 1.807) is 12.1 Å². The van der Waals surface area contributed by atoms with Gasteiger partial charge in [0.25, 0.3) is 0 Å². The SMILES string of the molecule is C=C/C=C/CCC1CCC(C2CCC(c3ccc(OC(F)(F)F)cc3)CC2)CC1. The van der Waals surface area contributed by atoms with Gasteiger partial charge in [-0.15, -0.1) is 13.2 Å². The van der Waals surface area contributed by atoms with Gasteiger partial charge in [0, 0.05) is 0 Å². The standard InChI is InChI=1S/C25H33F3O/c1-2-3-4-5-6-19-7-9-20(10-8-19)21-11-13-22(14-12-21)23-15-17-24(18-16-23)29-25(26,27)28/h2-4,15-22H,1,5-14H2/b4-3+. The van der Waals surface area contributed by atoms with E-state index in [0.717, 1.165) is 36.2 Å². The normalized spacial score (nSPS) is 28.4. The van der Waals surface area contributed by atoms with Crippen LogP contribution in [0.25, 0.3) is 0 Å². The highest BCUT2D eigenvalue weighted by Crippen LogP contribution is 2.44. The number of alkyl halides is 3. The number of allylic oxidation sites excluding steroid dienone is 3. The van der Waals surface area contributed by atoms with Gasteiger partial charge in [-0.3, -0.25) is 0 Å². The van der Waals surface area contributed by atoms with Gasteiger partial charge in [0.15, 0.2) is 0 Å². The number of rotatable bonds is 7. The van der Waals surface area contributed by atoms with Crippen LogP contribution in [0.1, 0.15) is 75.7 Å². The van der Waals surface area contributed by atoms with Gasteiger partial charge in [0.05, 0.1) is 0 Å². The van der Waals surface area contributed by atoms with Gasteiger partial charge in [-0.05, 0) is 92.7 Å². The molecule has 160 valence electrons. The van der Waals surface area contributed by atoms with Crippen LogP contribution in [0.15, 0.2) is 49.1 Å². The number of hydrogen-bond acceptors (Lipinski definition) is 1. The smallest absolute Gasteiger partial charge is 0.406 e. The van der Waals surface area contributed by atoms with E-state index in [4.69, 9.17) is 0 Å². The van der Waals surface area contributed by atoms with Gasteiger partial charge in [0.2, 0.25) is 0 Å². The molecule has 2 fully saturated rings. The van der Waals surface area contributed by atoms with E-state index < -0.39 is 6.36 Å². The van der Waals surface area contributed by atoms with Crippen molar-refractivity contribution in [1.29, 1.82) is 0 Å². The molecule has 0 aromatic heterocycles. The Labute approximate surface area is 173 Å². The van der Waals surface area contributed by atoms with Crippen molar-refractivity contribution >= 4 is 0 Å². The van der Waals surface area contributed by atoms with Crippen LogP contribution in [0.5, 0.6) is 5.75 Å². The molecule has 3 rings (SSSR count). The molecule has 2 saturated carbocycles. The first-order chi connectivity index (χ1) is 13.9. The van der Waals surface area contributed by atoms with Crippen LogP contribution in [0, 0.1) is 17.8 Å². The van der Waals surface area contributed by atoms with Gasteiger partial charge < -0.3 is 4.74 Å². The Morgan fingerprint density at radius 3 is 2.03 bits per heavy atom. The summed E-state index contributed by atoms with van der Waals surface area (Å²) in [7, 11) is 0. The first-order valence-corrected chi connectivity index (χ1v) is 11.1. The lowest BCUT2D eigenvalue weighted by molar-refractivity contribution is -0.274. The second-order valence-corrected chi connectivity index (χ2v) is 8.75. The molecule has 0 radical (unpaired) electrons. The van der Waals surface area contributed by atoms with Gasteiger partial charge in [-0.25, -0.2) is 0 Å². The summed E-state index contributed by atoms with van der Waals surface area (Å²) in [4.78, 5) is 0. The monoisotopic (exact) mass is 406 g/mol. The van der Waals surface area contributed by atoms with E-state index in [0.29, 0.717) is 5.92 Å². The van der Waals surface area contributed by atoms with Crippen LogP contribution in [-0.2, 0) is 0 Å². The van der Waals surface area contributed by atoms with Gasteiger partial charge >= 0.3 is 6.36 Å². The minimum Gasteiger partial charge on any atom is -0.406 e. The van der Waals surface area contributed by atoms with Crippen molar-refractivity contribution in [2.24, 2.45) is 17.8 Å². The first kappa shape index (κ1) is 22.0. The van der Waals surface area contributed by atoms with Crippen molar-refractivity contribution in [3.05, 3.63) is 54.6 Å². The molecule has 0 N–H and O–H groups in total. The van der Waals surface area contributed by atoms with E-state index >= 15 is 0 Å². The molecule has 0 spiro atoms. The summed E-state index contributed by atoms with van der Waals surface area (Å²) in [6.45, 7) is 3.71. The highest BCUT2D eigenvalue weighted by molar-refractivity contribution is 5.29. The fraction of sp³-hybridized carbons (Fsp3) is 0.600. The Hall–Kier alpha value is -1.71.